The molecule has 0 bridgehead atoms. The fourth-order valence-corrected chi connectivity index (χ4v) is 0.854. The summed E-state index contributed by atoms with van der Waals surface area (Å²) in [6.45, 7) is 1.09. The van der Waals surface area contributed by atoms with E-state index in [-0.39, 0.29) is 18.5 Å². The van der Waals surface area contributed by atoms with Crippen molar-refractivity contribution in [1.29, 1.82) is 0 Å². The molecule has 1 aliphatic heterocycles. The van der Waals surface area contributed by atoms with E-state index in [2.05, 4.69) is 5.32 Å². The predicted molar refractivity (Wildman–Crippen MR) is 35.8 cm³/mol. The summed E-state index contributed by atoms with van der Waals surface area (Å²) >= 11 is 0. The molecule has 0 amide bonds. The van der Waals surface area contributed by atoms with Gasteiger partial charge in [-0.05, 0) is 0 Å². The lowest BCUT2D eigenvalue weighted by molar-refractivity contribution is 0.0647. The van der Waals surface area contributed by atoms with E-state index in [4.69, 9.17) is 4.74 Å². The quantitative estimate of drug-likeness (QED) is 0.591. The van der Waals surface area contributed by atoms with Crippen LogP contribution in [-0.4, -0.2) is 32.5 Å². The number of halogens is 2. The van der Waals surface area contributed by atoms with Crippen molar-refractivity contribution in [2.45, 2.75) is 12.3 Å². The maximum atomic E-state index is 12.4. The van der Waals surface area contributed by atoms with E-state index in [9.17, 15) is 4.39 Å². The largest absolute Gasteiger partial charge is 0.377 e. The maximum Gasteiger partial charge on any atom is 0.140 e. The molecular weight excluding hydrogens is 145 g/mol. The lowest BCUT2D eigenvalue weighted by Gasteiger charge is -2.06. The van der Waals surface area contributed by atoms with Crippen LogP contribution in [-0.2, 0) is 4.74 Å². The van der Waals surface area contributed by atoms with Gasteiger partial charge in [-0.15, -0.1) is 12.4 Å². The van der Waals surface area contributed by atoms with Gasteiger partial charge in [0.2, 0.25) is 0 Å². The van der Waals surface area contributed by atoms with Crippen LogP contribution < -0.4 is 5.32 Å². The molecule has 9 heavy (non-hydrogen) atoms. The van der Waals surface area contributed by atoms with E-state index < -0.39 is 6.17 Å². The summed E-state index contributed by atoms with van der Waals surface area (Å²) in [5.41, 5.74) is 0. The zero-order chi connectivity index (χ0) is 5.98. The highest BCUT2D eigenvalue weighted by Crippen LogP contribution is 2.06. The number of rotatable bonds is 1. The van der Waals surface area contributed by atoms with Gasteiger partial charge in [-0.3, -0.25) is 0 Å². The second kappa shape index (κ2) is 4.04. The lowest BCUT2D eigenvalue weighted by atomic mass is 10.3. The molecular formula is C5H11ClFNO. The summed E-state index contributed by atoms with van der Waals surface area (Å²) in [6, 6.07) is 0. The third kappa shape index (κ3) is 2.08. The van der Waals surface area contributed by atoms with Crippen molar-refractivity contribution in [3.05, 3.63) is 0 Å². The standard InChI is InChI=1S/C5H10FNO.ClH/c1-8-5-3-7-2-4(5)6;/h4-5,7H,2-3H2,1H3;1H/t4-,5+;/m1./s1. The van der Waals surface area contributed by atoms with Gasteiger partial charge in [0.1, 0.15) is 12.3 Å². The minimum Gasteiger partial charge on any atom is -0.377 e. The van der Waals surface area contributed by atoms with E-state index in [1.807, 2.05) is 0 Å². The second-order valence-electron chi connectivity index (χ2n) is 1.95. The van der Waals surface area contributed by atoms with Crippen LogP contribution in [0.1, 0.15) is 0 Å². The molecule has 0 spiro atoms. The highest BCUT2D eigenvalue weighted by molar-refractivity contribution is 5.85. The van der Waals surface area contributed by atoms with Crippen molar-refractivity contribution in [2.24, 2.45) is 0 Å². The number of nitrogens with one attached hydrogen (secondary N) is 1. The maximum absolute atomic E-state index is 12.4. The van der Waals surface area contributed by atoms with Crippen LogP contribution in [0.2, 0.25) is 0 Å². The minimum atomic E-state index is -0.806. The zero-order valence-electron chi connectivity index (χ0n) is 5.26. The molecule has 1 heterocycles. The van der Waals surface area contributed by atoms with Crippen molar-refractivity contribution in [3.63, 3.8) is 0 Å². The molecule has 1 saturated heterocycles. The number of ether oxygens (including phenoxy) is 1. The van der Waals surface area contributed by atoms with Crippen LogP contribution in [0.5, 0.6) is 0 Å². The first-order valence-corrected chi connectivity index (χ1v) is 2.72. The van der Waals surface area contributed by atoms with E-state index in [1.165, 1.54) is 7.11 Å². The fraction of sp³-hybridized carbons (Fsp3) is 1.00. The summed E-state index contributed by atoms with van der Waals surface area (Å²) < 4.78 is 17.2. The van der Waals surface area contributed by atoms with Gasteiger partial charge in [-0.1, -0.05) is 0 Å². The number of alkyl halides is 1. The Balaban J connectivity index is 0.000000640. The molecule has 0 aromatic carbocycles. The average Bonchev–Trinajstić information content (AvgIpc) is 2.14. The van der Waals surface area contributed by atoms with Gasteiger partial charge in [0, 0.05) is 20.2 Å². The molecule has 0 aromatic rings. The van der Waals surface area contributed by atoms with Crippen molar-refractivity contribution in [1.82, 2.24) is 5.32 Å². The molecule has 1 aliphatic rings. The average molecular weight is 156 g/mol. The van der Waals surface area contributed by atoms with Crippen molar-refractivity contribution >= 4 is 12.4 Å². The van der Waals surface area contributed by atoms with E-state index in [0.717, 1.165) is 0 Å². The van der Waals surface area contributed by atoms with Crippen LogP contribution in [0.3, 0.4) is 0 Å². The molecule has 0 radical (unpaired) electrons. The van der Waals surface area contributed by atoms with Crippen molar-refractivity contribution < 1.29 is 9.13 Å². The van der Waals surface area contributed by atoms with Gasteiger partial charge >= 0.3 is 0 Å². The molecule has 0 unspecified atom stereocenters. The van der Waals surface area contributed by atoms with Crippen LogP contribution in [0.25, 0.3) is 0 Å². The third-order valence-corrected chi connectivity index (χ3v) is 1.39. The first-order chi connectivity index (χ1) is 3.84. The lowest BCUT2D eigenvalue weighted by Crippen LogP contribution is -2.21. The summed E-state index contributed by atoms with van der Waals surface area (Å²) in [5, 5.41) is 2.87. The Morgan fingerprint density at radius 1 is 1.56 bits per heavy atom. The molecule has 0 aliphatic carbocycles. The summed E-state index contributed by atoms with van der Waals surface area (Å²) in [5.74, 6) is 0. The Bertz CT molecular complexity index is 83.4. The Labute approximate surface area is 60.2 Å². The fourth-order valence-electron chi connectivity index (χ4n) is 0.854. The van der Waals surface area contributed by atoms with Gasteiger partial charge in [-0.2, -0.15) is 0 Å². The van der Waals surface area contributed by atoms with Gasteiger partial charge < -0.3 is 10.1 Å². The molecule has 1 fully saturated rings. The molecule has 0 saturated carbocycles. The molecule has 0 aromatic heterocycles. The molecule has 56 valence electrons. The molecule has 4 heteroatoms. The molecule has 1 N–H and O–H groups in total. The van der Waals surface area contributed by atoms with Crippen LogP contribution in [0.4, 0.5) is 4.39 Å². The smallest absolute Gasteiger partial charge is 0.140 e. The van der Waals surface area contributed by atoms with Crippen LogP contribution in [0.15, 0.2) is 0 Å². The van der Waals surface area contributed by atoms with Gasteiger partial charge in [0.05, 0.1) is 0 Å². The molecule has 2 atom stereocenters. The minimum absolute atomic E-state index is 0. The Morgan fingerprint density at radius 3 is 2.44 bits per heavy atom. The molecule has 2 nitrogen and oxygen atoms in total. The first-order valence-electron chi connectivity index (χ1n) is 2.72. The summed E-state index contributed by atoms with van der Waals surface area (Å²) in [6.07, 6.45) is -1.02. The van der Waals surface area contributed by atoms with E-state index in [0.29, 0.717) is 13.1 Å². The number of hydrogen-bond acceptors (Lipinski definition) is 2. The first kappa shape index (κ1) is 9.14. The highest BCUT2D eigenvalue weighted by atomic mass is 35.5. The highest BCUT2D eigenvalue weighted by Gasteiger charge is 2.25. The summed E-state index contributed by atoms with van der Waals surface area (Å²) in [7, 11) is 1.53. The second-order valence-corrected chi connectivity index (χ2v) is 1.95. The Morgan fingerprint density at radius 2 is 2.22 bits per heavy atom. The predicted octanol–water partition coefficient (Wildman–Crippen LogP) is 0.365. The normalized spacial score (nSPS) is 34.0. The van der Waals surface area contributed by atoms with Crippen LogP contribution in [0, 0.1) is 0 Å². The van der Waals surface area contributed by atoms with Gasteiger partial charge in [0.25, 0.3) is 0 Å². The van der Waals surface area contributed by atoms with Crippen molar-refractivity contribution in [3.8, 4) is 0 Å². The molecule has 1 rings (SSSR count). The van der Waals surface area contributed by atoms with Crippen LogP contribution >= 0.6 is 12.4 Å². The third-order valence-electron chi connectivity index (χ3n) is 1.39. The topological polar surface area (TPSA) is 21.3 Å². The monoisotopic (exact) mass is 155 g/mol. The Hall–Kier alpha value is 0.140. The van der Waals surface area contributed by atoms with Gasteiger partial charge in [0.15, 0.2) is 0 Å². The Kier molecular flexibility index (Phi) is 4.10. The SMILES string of the molecule is CO[C@H]1CNC[C@H]1F.Cl. The van der Waals surface area contributed by atoms with Gasteiger partial charge in [-0.25, -0.2) is 4.39 Å². The number of methoxy groups -OCH3 is 1. The number of hydrogen-bond donors (Lipinski definition) is 1. The van der Waals surface area contributed by atoms with E-state index in [1.54, 1.807) is 0 Å². The van der Waals surface area contributed by atoms with E-state index >= 15 is 0 Å². The zero-order valence-corrected chi connectivity index (χ0v) is 6.08. The van der Waals surface area contributed by atoms with Crippen molar-refractivity contribution in [2.75, 3.05) is 20.2 Å². The summed E-state index contributed by atoms with van der Waals surface area (Å²) in [4.78, 5) is 0.